The van der Waals surface area contributed by atoms with Gasteiger partial charge >= 0.3 is 0 Å². The van der Waals surface area contributed by atoms with Crippen molar-refractivity contribution in [2.24, 2.45) is 12.5 Å². The first kappa shape index (κ1) is 36.3. The molecular formula is C40H45N9O6. The first-order valence-corrected chi connectivity index (χ1v) is 18.5. The van der Waals surface area contributed by atoms with Crippen LogP contribution >= 0.6 is 0 Å². The number of likely N-dealkylation sites (N-methyl/N-ethyl adjacent to an activating group) is 1. The van der Waals surface area contributed by atoms with Crippen LogP contribution in [0.1, 0.15) is 52.8 Å². The van der Waals surface area contributed by atoms with Gasteiger partial charge in [0, 0.05) is 74.3 Å². The maximum Gasteiger partial charge on any atom is 0.293 e. The van der Waals surface area contributed by atoms with Gasteiger partial charge in [0.2, 0.25) is 11.8 Å². The van der Waals surface area contributed by atoms with Crippen molar-refractivity contribution in [3.63, 3.8) is 0 Å². The predicted molar refractivity (Wildman–Crippen MR) is 206 cm³/mol. The molecule has 0 radical (unpaired) electrons. The molecule has 15 nitrogen and oxygen atoms in total. The molecule has 0 bridgehead atoms. The van der Waals surface area contributed by atoms with E-state index < -0.39 is 18.1 Å². The van der Waals surface area contributed by atoms with Crippen LogP contribution in [0.15, 0.2) is 60.2 Å². The Morgan fingerprint density at radius 2 is 1.91 bits per heavy atom. The first-order valence-electron chi connectivity index (χ1n) is 18.5. The van der Waals surface area contributed by atoms with Gasteiger partial charge in [-0.05, 0) is 59.7 Å². The summed E-state index contributed by atoms with van der Waals surface area (Å²) >= 11 is 0. The fraction of sp³-hybridized carbons (Fsp3) is 0.400. The van der Waals surface area contributed by atoms with Crippen molar-refractivity contribution >= 4 is 40.7 Å². The van der Waals surface area contributed by atoms with E-state index in [0.29, 0.717) is 72.6 Å². The van der Waals surface area contributed by atoms with Crippen LogP contribution in [-0.2, 0) is 47.4 Å². The zero-order valence-electron chi connectivity index (χ0n) is 31.5. The monoisotopic (exact) mass is 747 g/mol. The largest absolute Gasteiger partial charge is 0.392 e. The number of piperazine rings is 1. The standard InChI is InChI=1S/C40H45N9O6/c1-6-34(51)43-29-14-24(7-8-27(29)33-18-45(4)35(52)19-49(33)25-21-55-22-25)42-36-39(54)46(5)17-30(44-36)26-9-10-41-37(28(26)20-50)48-12-11-47-31(38(48)53)13-23-15-40(2,3)16-32(23)47/h6-10,13-14,17,25,33,50H,1,11-12,15-16,18-22H2,2-5H3,(H,42,44)(H,43,51). The molecule has 4 aromatic rings. The molecule has 3 aliphatic heterocycles. The number of carbonyl (C=O) groups is 3. The zero-order valence-corrected chi connectivity index (χ0v) is 31.5. The van der Waals surface area contributed by atoms with E-state index in [2.05, 4.69) is 45.5 Å². The van der Waals surface area contributed by atoms with Crippen LogP contribution in [0.2, 0.25) is 0 Å². The predicted octanol–water partition coefficient (Wildman–Crippen LogP) is 3.00. The number of aliphatic hydroxyl groups excluding tert-OH is 1. The Kier molecular flexibility index (Phi) is 9.18. The van der Waals surface area contributed by atoms with Crippen molar-refractivity contribution in [2.45, 2.75) is 51.9 Å². The van der Waals surface area contributed by atoms with E-state index >= 15 is 0 Å². The van der Waals surface area contributed by atoms with Crippen LogP contribution in [0.3, 0.4) is 0 Å². The smallest absolute Gasteiger partial charge is 0.293 e. The van der Waals surface area contributed by atoms with E-state index in [4.69, 9.17) is 9.72 Å². The Bertz CT molecular complexity index is 2310. The molecule has 8 rings (SSSR count). The lowest BCUT2D eigenvalue weighted by atomic mass is 9.90. The molecule has 2 fully saturated rings. The van der Waals surface area contributed by atoms with Gasteiger partial charge in [0.15, 0.2) is 5.82 Å². The summed E-state index contributed by atoms with van der Waals surface area (Å²) in [5.41, 5.74) is 5.91. The summed E-state index contributed by atoms with van der Waals surface area (Å²) in [7, 11) is 3.37. The molecule has 3 amide bonds. The third-order valence-electron chi connectivity index (χ3n) is 11.2. The quantitative estimate of drug-likeness (QED) is 0.217. The van der Waals surface area contributed by atoms with Crippen molar-refractivity contribution in [1.29, 1.82) is 0 Å². The minimum absolute atomic E-state index is 0.00968. The lowest BCUT2D eigenvalue weighted by molar-refractivity contribution is -0.147. The highest BCUT2D eigenvalue weighted by atomic mass is 16.5. The molecule has 1 aromatic carbocycles. The van der Waals surface area contributed by atoms with E-state index in [-0.39, 0.29) is 41.7 Å². The molecule has 1 unspecified atom stereocenters. The van der Waals surface area contributed by atoms with E-state index in [9.17, 15) is 24.3 Å². The molecule has 55 heavy (non-hydrogen) atoms. The molecule has 0 spiro atoms. The number of nitrogens with zero attached hydrogens (tertiary/aromatic N) is 7. The zero-order chi connectivity index (χ0) is 38.8. The van der Waals surface area contributed by atoms with Crippen molar-refractivity contribution in [2.75, 3.05) is 55.4 Å². The summed E-state index contributed by atoms with van der Waals surface area (Å²) < 4.78 is 8.98. The Labute approximate surface area is 318 Å². The minimum Gasteiger partial charge on any atom is -0.392 e. The molecule has 6 heterocycles. The summed E-state index contributed by atoms with van der Waals surface area (Å²) in [6.07, 6.45) is 6.19. The average Bonchev–Trinajstić information content (AvgIpc) is 3.63. The van der Waals surface area contributed by atoms with Gasteiger partial charge in [-0.25, -0.2) is 9.97 Å². The summed E-state index contributed by atoms with van der Waals surface area (Å²) in [5, 5.41) is 16.8. The Balaban J connectivity index is 1.11. The fourth-order valence-corrected chi connectivity index (χ4v) is 8.32. The lowest BCUT2D eigenvalue weighted by Gasteiger charge is -2.47. The molecule has 3 N–H and O–H groups in total. The van der Waals surface area contributed by atoms with Crippen LogP contribution in [-0.4, -0.2) is 97.7 Å². The molecule has 1 aliphatic carbocycles. The number of amides is 3. The van der Waals surface area contributed by atoms with Crippen LogP contribution in [0, 0.1) is 5.41 Å². The number of ether oxygens (including phenoxy) is 1. The minimum atomic E-state index is -0.416. The number of nitrogens with one attached hydrogen (secondary N) is 2. The van der Waals surface area contributed by atoms with Crippen molar-refractivity contribution in [3.8, 4) is 11.3 Å². The maximum absolute atomic E-state index is 13.9. The second-order valence-corrected chi connectivity index (χ2v) is 15.6. The number of rotatable bonds is 9. The number of aliphatic hydroxyl groups is 1. The van der Waals surface area contributed by atoms with Gasteiger partial charge in [-0.1, -0.05) is 26.5 Å². The number of hydrogen-bond acceptors (Lipinski definition) is 10. The van der Waals surface area contributed by atoms with Gasteiger partial charge in [-0.2, -0.15) is 0 Å². The third-order valence-corrected chi connectivity index (χ3v) is 11.2. The highest BCUT2D eigenvalue weighted by molar-refractivity contribution is 6.06. The first-order chi connectivity index (χ1) is 26.3. The molecule has 286 valence electrons. The van der Waals surface area contributed by atoms with Crippen molar-refractivity contribution in [3.05, 3.63) is 93.8 Å². The lowest BCUT2D eigenvalue weighted by Crippen LogP contribution is -2.59. The van der Waals surface area contributed by atoms with Gasteiger partial charge in [0.1, 0.15) is 11.5 Å². The maximum atomic E-state index is 13.9. The van der Waals surface area contributed by atoms with Crippen LogP contribution in [0.4, 0.5) is 23.0 Å². The number of carbonyl (C=O) groups excluding carboxylic acids is 3. The normalized spacial score (nSPS) is 19.5. The van der Waals surface area contributed by atoms with Crippen LogP contribution < -0.4 is 21.1 Å². The third kappa shape index (κ3) is 6.51. The summed E-state index contributed by atoms with van der Waals surface area (Å²) in [4.78, 5) is 67.5. The molecule has 0 saturated carbocycles. The average molecular weight is 748 g/mol. The van der Waals surface area contributed by atoms with Crippen molar-refractivity contribution < 1.29 is 24.2 Å². The number of fused-ring (bicyclic) bond motifs is 3. The Hall–Kier alpha value is -5.64. The van der Waals surface area contributed by atoms with Gasteiger partial charge in [-0.15, -0.1) is 0 Å². The number of aromatic nitrogens is 4. The molecule has 4 aliphatic rings. The number of hydrogen-bond donors (Lipinski definition) is 3. The van der Waals surface area contributed by atoms with Crippen molar-refractivity contribution in [1.82, 2.24) is 28.9 Å². The Morgan fingerprint density at radius 3 is 2.64 bits per heavy atom. The topological polar surface area (TPSA) is 167 Å². The molecule has 15 heteroatoms. The SMILES string of the molecule is C=CC(=O)Nc1cc(Nc2nc(-c3ccnc(N4CCn5c(cc6c5CC(C)(C)C6)C4=O)c3CO)cn(C)c2=O)ccc1C1CN(C)C(=O)CN1C1COC1. The molecular weight excluding hydrogens is 702 g/mol. The van der Waals surface area contributed by atoms with Gasteiger partial charge in [0.05, 0.1) is 44.1 Å². The number of anilines is 4. The van der Waals surface area contributed by atoms with E-state index in [1.807, 2.05) is 12.1 Å². The van der Waals surface area contributed by atoms with E-state index in [0.717, 1.165) is 18.4 Å². The van der Waals surface area contributed by atoms with Gasteiger partial charge < -0.3 is 34.5 Å². The summed E-state index contributed by atoms with van der Waals surface area (Å²) in [5.74, 6) is -0.218. The van der Waals surface area contributed by atoms with Crippen LogP contribution in [0.25, 0.3) is 11.3 Å². The number of aryl methyl sites for hydroxylation is 1. The second-order valence-electron chi connectivity index (χ2n) is 15.6. The van der Waals surface area contributed by atoms with Gasteiger partial charge in [0.25, 0.3) is 11.5 Å². The Morgan fingerprint density at radius 1 is 1.11 bits per heavy atom. The van der Waals surface area contributed by atoms with E-state index in [1.165, 1.54) is 21.9 Å². The van der Waals surface area contributed by atoms with Crippen LogP contribution in [0.5, 0.6) is 0 Å². The van der Waals surface area contributed by atoms with E-state index in [1.54, 1.807) is 54.5 Å². The van der Waals surface area contributed by atoms with Gasteiger partial charge in [-0.3, -0.25) is 29.0 Å². The molecule has 2 saturated heterocycles. The summed E-state index contributed by atoms with van der Waals surface area (Å²) in [6.45, 7) is 10.4. The second kappa shape index (κ2) is 13.9. The summed E-state index contributed by atoms with van der Waals surface area (Å²) in [6, 6.07) is 8.97. The number of pyridine rings is 1. The molecule has 3 aromatic heterocycles. The highest BCUT2D eigenvalue weighted by Gasteiger charge is 2.40. The molecule has 1 atom stereocenters. The highest BCUT2D eigenvalue weighted by Crippen LogP contribution is 2.40. The fourth-order valence-electron chi connectivity index (χ4n) is 8.32. The number of benzene rings is 1.